The highest BCUT2D eigenvalue weighted by Gasteiger charge is 2.17. The minimum Gasteiger partial charge on any atom is -0.270 e. The molecule has 0 atom stereocenters. The first-order chi connectivity index (χ1) is 7.77. The van der Waals surface area contributed by atoms with Gasteiger partial charge in [0.25, 0.3) is 5.91 Å². The van der Waals surface area contributed by atoms with Crippen LogP contribution in [0.3, 0.4) is 0 Å². The van der Waals surface area contributed by atoms with Gasteiger partial charge >= 0.3 is 0 Å². The quantitative estimate of drug-likeness (QED) is 0.824. The Morgan fingerprint density at radius 3 is 2.69 bits per heavy atom. The van der Waals surface area contributed by atoms with E-state index in [9.17, 15) is 4.79 Å². The Kier molecular flexibility index (Phi) is 3.80. The van der Waals surface area contributed by atoms with E-state index in [-0.39, 0.29) is 12.0 Å². The summed E-state index contributed by atoms with van der Waals surface area (Å²) >= 11 is 5.90. The smallest absolute Gasteiger partial charge is 0.270 e. The van der Waals surface area contributed by atoms with Gasteiger partial charge in [-0.05, 0) is 25.0 Å². The minimum absolute atomic E-state index is 0.159. The van der Waals surface area contributed by atoms with Gasteiger partial charge in [0.1, 0.15) is 0 Å². The van der Waals surface area contributed by atoms with E-state index in [1.54, 1.807) is 24.3 Å². The third kappa shape index (κ3) is 2.74. The van der Waals surface area contributed by atoms with Crippen molar-refractivity contribution in [3.05, 3.63) is 34.9 Å². The molecule has 16 heavy (non-hydrogen) atoms. The fraction of sp³-hybridized carbons (Fsp3) is 0.417. The Morgan fingerprint density at radius 2 is 2.00 bits per heavy atom. The van der Waals surface area contributed by atoms with Crippen LogP contribution in [-0.4, -0.2) is 12.0 Å². The predicted molar refractivity (Wildman–Crippen MR) is 62.3 cm³/mol. The molecule has 1 aliphatic rings. The number of benzene rings is 1. The Hall–Kier alpha value is -1.06. The van der Waals surface area contributed by atoms with Crippen molar-refractivity contribution in [2.24, 2.45) is 0 Å². The first-order valence-electron chi connectivity index (χ1n) is 5.48. The van der Waals surface area contributed by atoms with Crippen molar-refractivity contribution in [3.63, 3.8) is 0 Å². The molecule has 4 heteroatoms. The van der Waals surface area contributed by atoms with Crippen LogP contribution in [-0.2, 0) is 4.84 Å². The fourth-order valence-corrected chi connectivity index (χ4v) is 2.06. The molecule has 1 aromatic rings. The number of hydrogen-bond acceptors (Lipinski definition) is 2. The van der Waals surface area contributed by atoms with E-state index in [1.165, 1.54) is 12.8 Å². The van der Waals surface area contributed by atoms with Crippen LogP contribution in [0.4, 0.5) is 0 Å². The van der Waals surface area contributed by atoms with Crippen molar-refractivity contribution in [2.45, 2.75) is 31.8 Å². The van der Waals surface area contributed by atoms with Gasteiger partial charge in [0.15, 0.2) is 0 Å². The largest absolute Gasteiger partial charge is 0.276 e. The van der Waals surface area contributed by atoms with Gasteiger partial charge in [-0.25, -0.2) is 5.48 Å². The zero-order chi connectivity index (χ0) is 11.4. The summed E-state index contributed by atoms with van der Waals surface area (Å²) in [6, 6.07) is 6.93. The summed E-state index contributed by atoms with van der Waals surface area (Å²) < 4.78 is 0. The van der Waals surface area contributed by atoms with Gasteiger partial charge in [-0.2, -0.15) is 0 Å². The van der Waals surface area contributed by atoms with E-state index in [0.29, 0.717) is 10.6 Å². The Bertz CT molecular complexity index is 375. The molecule has 1 amide bonds. The van der Waals surface area contributed by atoms with Crippen LogP contribution in [0.5, 0.6) is 0 Å². The molecule has 0 radical (unpaired) electrons. The number of halogens is 1. The summed E-state index contributed by atoms with van der Waals surface area (Å²) in [5, 5.41) is 0.440. The lowest BCUT2D eigenvalue weighted by Crippen LogP contribution is -2.28. The molecule has 0 heterocycles. The highest BCUT2D eigenvalue weighted by Crippen LogP contribution is 2.20. The van der Waals surface area contributed by atoms with E-state index in [2.05, 4.69) is 5.48 Å². The van der Waals surface area contributed by atoms with Crippen molar-refractivity contribution >= 4 is 17.5 Å². The molecular weight excluding hydrogens is 226 g/mol. The topological polar surface area (TPSA) is 38.3 Å². The van der Waals surface area contributed by atoms with Crippen molar-refractivity contribution < 1.29 is 9.63 Å². The molecular formula is C12H14ClNO2. The Labute approximate surface area is 99.7 Å². The summed E-state index contributed by atoms with van der Waals surface area (Å²) in [5.41, 5.74) is 2.90. The van der Waals surface area contributed by atoms with Crippen molar-refractivity contribution in [1.29, 1.82) is 0 Å². The second-order valence-corrected chi connectivity index (χ2v) is 4.34. The average molecular weight is 240 g/mol. The lowest BCUT2D eigenvalue weighted by Gasteiger charge is -2.11. The molecule has 0 bridgehead atoms. The predicted octanol–water partition coefficient (Wildman–Crippen LogP) is 2.94. The third-order valence-corrected chi connectivity index (χ3v) is 3.07. The van der Waals surface area contributed by atoms with Gasteiger partial charge in [0.05, 0.1) is 16.7 Å². The molecule has 86 valence electrons. The molecule has 0 saturated heterocycles. The summed E-state index contributed by atoms with van der Waals surface area (Å²) in [5.74, 6) is -0.280. The highest BCUT2D eigenvalue weighted by atomic mass is 35.5. The van der Waals surface area contributed by atoms with E-state index in [0.717, 1.165) is 12.8 Å². The Morgan fingerprint density at radius 1 is 1.31 bits per heavy atom. The monoisotopic (exact) mass is 239 g/mol. The third-order valence-electron chi connectivity index (χ3n) is 2.74. The van der Waals surface area contributed by atoms with E-state index >= 15 is 0 Å². The molecule has 1 N–H and O–H groups in total. The molecule has 3 nitrogen and oxygen atoms in total. The number of nitrogens with one attached hydrogen (secondary N) is 1. The zero-order valence-electron chi connectivity index (χ0n) is 8.91. The molecule has 2 rings (SSSR count). The summed E-state index contributed by atoms with van der Waals surface area (Å²) in [6.07, 6.45) is 4.54. The van der Waals surface area contributed by atoms with E-state index < -0.39 is 0 Å². The second kappa shape index (κ2) is 5.32. The number of hydroxylamine groups is 1. The van der Waals surface area contributed by atoms with E-state index in [1.807, 2.05) is 0 Å². The number of carbonyl (C=O) groups excluding carboxylic acids is 1. The minimum atomic E-state index is -0.280. The fourth-order valence-electron chi connectivity index (χ4n) is 1.84. The molecule has 1 saturated carbocycles. The molecule has 1 aromatic carbocycles. The molecule has 0 aromatic heterocycles. The summed E-state index contributed by atoms with van der Waals surface area (Å²) in [7, 11) is 0. The maximum absolute atomic E-state index is 11.7. The maximum Gasteiger partial charge on any atom is 0.276 e. The van der Waals surface area contributed by atoms with Crippen LogP contribution >= 0.6 is 11.6 Å². The van der Waals surface area contributed by atoms with Crippen LogP contribution in [0.2, 0.25) is 5.02 Å². The number of hydrogen-bond donors (Lipinski definition) is 1. The standard InChI is InChI=1S/C12H14ClNO2/c13-11-8-4-3-7-10(11)12(15)14-16-9-5-1-2-6-9/h3-4,7-9H,1-2,5-6H2,(H,14,15). The molecule has 0 aliphatic heterocycles. The molecule has 0 spiro atoms. The van der Waals surface area contributed by atoms with Crippen molar-refractivity contribution in [2.75, 3.05) is 0 Å². The Balaban J connectivity index is 1.90. The molecule has 1 aliphatic carbocycles. The van der Waals surface area contributed by atoms with Gasteiger partial charge < -0.3 is 0 Å². The van der Waals surface area contributed by atoms with Crippen LogP contribution in [0, 0.1) is 0 Å². The SMILES string of the molecule is O=C(NOC1CCCC1)c1ccccc1Cl. The van der Waals surface area contributed by atoms with Gasteiger partial charge in [-0.15, -0.1) is 0 Å². The number of amides is 1. The zero-order valence-corrected chi connectivity index (χ0v) is 9.67. The number of carbonyl (C=O) groups is 1. The first-order valence-corrected chi connectivity index (χ1v) is 5.85. The van der Waals surface area contributed by atoms with Crippen molar-refractivity contribution in [3.8, 4) is 0 Å². The first kappa shape index (κ1) is 11.4. The van der Waals surface area contributed by atoms with Gasteiger partial charge in [-0.3, -0.25) is 9.63 Å². The van der Waals surface area contributed by atoms with Gasteiger partial charge in [-0.1, -0.05) is 36.6 Å². The van der Waals surface area contributed by atoms with Crippen LogP contribution < -0.4 is 5.48 Å². The van der Waals surface area contributed by atoms with Crippen molar-refractivity contribution in [1.82, 2.24) is 5.48 Å². The summed E-state index contributed by atoms with van der Waals surface area (Å²) in [4.78, 5) is 17.0. The molecule has 1 fully saturated rings. The molecule has 0 unspecified atom stereocenters. The maximum atomic E-state index is 11.7. The lowest BCUT2D eigenvalue weighted by molar-refractivity contribution is -0.0124. The van der Waals surface area contributed by atoms with E-state index in [4.69, 9.17) is 16.4 Å². The van der Waals surface area contributed by atoms with Crippen LogP contribution in [0.25, 0.3) is 0 Å². The van der Waals surface area contributed by atoms with Crippen LogP contribution in [0.1, 0.15) is 36.0 Å². The average Bonchev–Trinajstić information content (AvgIpc) is 2.79. The van der Waals surface area contributed by atoms with Gasteiger partial charge in [0, 0.05) is 0 Å². The highest BCUT2D eigenvalue weighted by molar-refractivity contribution is 6.33. The number of rotatable bonds is 3. The lowest BCUT2D eigenvalue weighted by atomic mass is 10.2. The van der Waals surface area contributed by atoms with Crippen LogP contribution in [0.15, 0.2) is 24.3 Å². The second-order valence-electron chi connectivity index (χ2n) is 3.94. The van der Waals surface area contributed by atoms with Gasteiger partial charge in [0.2, 0.25) is 0 Å². The summed E-state index contributed by atoms with van der Waals surface area (Å²) in [6.45, 7) is 0. The normalized spacial score (nSPS) is 16.3.